The highest BCUT2D eigenvalue weighted by Gasteiger charge is 2.20. The molecule has 2 N–H and O–H groups in total. The molecule has 11 heteroatoms. The summed E-state index contributed by atoms with van der Waals surface area (Å²) >= 11 is 1.12. The van der Waals surface area contributed by atoms with Crippen molar-refractivity contribution in [3.8, 4) is 5.69 Å². The van der Waals surface area contributed by atoms with Crippen LogP contribution in [0.3, 0.4) is 0 Å². The Kier molecular flexibility index (Phi) is 6.94. The number of hydrogen-bond acceptors (Lipinski definition) is 7. The van der Waals surface area contributed by atoms with E-state index in [1.165, 1.54) is 7.11 Å². The van der Waals surface area contributed by atoms with Gasteiger partial charge in [-0.25, -0.2) is 9.36 Å². The highest BCUT2D eigenvalue weighted by Crippen LogP contribution is 2.24. The minimum absolute atomic E-state index is 0.0601. The number of rotatable bonds is 7. The van der Waals surface area contributed by atoms with Crippen molar-refractivity contribution in [3.05, 3.63) is 63.9 Å². The van der Waals surface area contributed by atoms with Crippen LogP contribution in [-0.4, -0.2) is 57.1 Å². The monoisotopic (exact) mass is 480 g/mol. The molecule has 0 spiro atoms. The summed E-state index contributed by atoms with van der Waals surface area (Å²) in [5, 5.41) is 14.3. The second-order valence-electron chi connectivity index (χ2n) is 7.65. The van der Waals surface area contributed by atoms with E-state index < -0.39 is 11.9 Å². The van der Waals surface area contributed by atoms with E-state index in [-0.39, 0.29) is 11.3 Å². The number of carbonyl (C=O) groups is 2. The standard InChI is InChI=1S/C23H24N6O4S/c1-14-8-9-15(2)18(12-14)28-20(31)16-6-4-5-7-17(16)29-22(28)26-27-23(29)34-13-19(30)25-21(32)24-10-11-33-3/h4-9,12H,10-11,13H2,1-3H3,(H2,24,25,30,32). The quantitative estimate of drug-likeness (QED) is 0.307. The molecule has 0 fully saturated rings. The van der Waals surface area contributed by atoms with Crippen LogP contribution < -0.4 is 16.2 Å². The lowest BCUT2D eigenvalue weighted by Crippen LogP contribution is -2.41. The van der Waals surface area contributed by atoms with Gasteiger partial charge in [-0.2, -0.15) is 0 Å². The number of methoxy groups -OCH3 is 1. The molecule has 0 aliphatic heterocycles. The molecule has 0 radical (unpaired) electrons. The fourth-order valence-electron chi connectivity index (χ4n) is 3.55. The van der Waals surface area contributed by atoms with E-state index in [4.69, 9.17) is 4.74 Å². The SMILES string of the molecule is COCCNC(=O)NC(=O)CSc1nnc2n(-c3cc(C)ccc3C)c(=O)c3ccccc3n12. The van der Waals surface area contributed by atoms with Gasteiger partial charge in [-0.15, -0.1) is 10.2 Å². The van der Waals surface area contributed by atoms with E-state index in [1.807, 2.05) is 44.2 Å². The number of thioether (sulfide) groups is 1. The minimum atomic E-state index is -0.594. The molecule has 4 rings (SSSR count). The highest BCUT2D eigenvalue weighted by atomic mass is 32.2. The van der Waals surface area contributed by atoms with Gasteiger partial charge in [0.1, 0.15) is 0 Å². The van der Waals surface area contributed by atoms with Crippen molar-refractivity contribution in [1.29, 1.82) is 0 Å². The first-order valence-electron chi connectivity index (χ1n) is 10.6. The first-order valence-corrected chi connectivity index (χ1v) is 11.5. The Hall–Kier alpha value is -3.70. The van der Waals surface area contributed by atoms with Crippen LogP contribution in [0.15, 0.2) is 52.4 Å². The Balaban J connectivity index is 1.71. The molecule has 0 aliphatic carbocycles. The van der Waals surface area contributed by atoms with Crippen LogP contribution in [-0.2, 0) is 9.53 Å². The number of para-hydroxylation sites is 1. The van der Waals surface area contributed by atoms with Crippen molar-refractivity contribution in [2.45, 2.75) is 19.0 Å². The number of ether oxygens (including phenoxy) is 1. The maximum atomic E-state index is 13.5. The number of urea groups is 1. The van der Waals surface area contributed by atoms with Crippen LogP contribution in [0.5, 0.6) is 0 Å². The van der Waals surface area contributed by atoms with Gasteiger partial charge in [0.2, 0.25) is 11.7 Å². The molecule has 4 aromatic rings. The fraction of sp³-hybridized carbons (Fsp3) is 0.261. The lowest BCUT2D eigenvalue weighted by atomic mass is 10.1. The van der Waals surface area contributed by atoms with Crippen LogP contribution in [0.4, 0.5) is 4.79 Å². The number of carbonyl (C=O) groups excluding carboxylic acids is 2. The Labute approximate surface area is 199 Å². The number of amides is 3. The van der Waals surface area contributed by atoms with Gasteiger partial charge in [-0.1, -0.05) is 36.0 Å². The first-order chi connectivity index (χ1) is 16.4. The lowest BCUT2D eigenvalue weighted by Gasteiger charge is -2.14. The number of aromatic nitrogens is 4. The largest absolute Gasteiger partial charge is 0.383 e. The molecule has 2 aromatic carbocycles. The number of benzene rings is 2. The summed E-state index contributed by atoms with van der Waals surface area (Å²) in [6.07, 6.45) is 0. The van der Waals surface area contributed by atoms with Crippen LogP contribution in [0.25, 0.3) is 22.4 Å². The molecule has 34 heavy (non-hydrogen) atoms. The van der Waals surface area contributed by atoms with Crippen molar-refractivity contribution < 1.29 is 14.3 Å². The van der Waals surface area contributed by atoms with Gasteiger partial charge in [0.05, 0.1) is 29.0 Å². The van der Waals surface area contributed by atoms with Gasteiger partial charge in [0.15, 0.2) is 5.16 Å². The topological polar surface area (TPSA) is 120 Å². The van der Waals surface area contributed by atoms with E-state index in [1.54, 1.807) is 21.1 Å². The summed E-state index contributed by atoms with van der Waals surface area (Å²) in [5.74, 6) is -0.198. The van der Waals surface area contributed by atoms with Gasteiger partial charge in [-0.3, -0.25) is 19.3 Å². The molecule has 0 unspecified atom stereocenters. The minimum Gasteiger partial charge on any atom is -0.383 e. The molecule has 2 heterocycles. The molecule has 10 nitrogen and oxygen atoms in total. The highest BCUT2D eigenvalue weighted by molar-refractivity contribution is 7.99. The van der Waals surface area contributed by atoms with Crippen molar-refractivity contribution in [1.82, 2.24) is 29.8 Å². The smallest absolute Gasteiger partial charge is 0.321 e. The predicted octanol–water partition coefficient (Wildman–Crippen LogP) is 2.21. The summed E-state index contributed by atoms with van der Waals surface area (Å²) in [4.78, 5) is 37.5. The summed E-state index contributed by atoms with van der Waals surface area (Å²) in [6, 6.07) is 12.5. The Morgan fingerprint density at radius 1 is 1.12 bits per heavy atom. The molecule has 0 saturated heterocycles. The Morgan fingerprint density at radius 3 is 2.71 bits per heavy atom. The van der Waals surface area contributed by atoms with Crippen molar-refractivity contribution in [2.24, 2.45) is 0 Å². The van der Waals surface area contributed by atoms with Crippen LogP contribution in [0, 0.1) is 13.8 Å². The normalized spacial score (nSPS) is 11.1. The number of fused-ring (bicyclic) bond motifs is 3. The van der Waals surface area contributed by atoms with Crippen LogP contribution in [0.1, 0.15) is 11.1 Å². The molecule has 0 aliphatic rings. The van der Waals surface area contributed by atoms with Gasteiger partial charge >= 0.3 is 6.03 Å². The van der Waals surface area contributed by atoms with Gasteiger partial charge < -0.3 is 10.1 Å². The van der Waals surface area contributed by atoms with Crippen molar-refractivity contribution in [3.63, 3.8) is 0 Å². The zero-order valence-corrected chi connectivity index (χ0v) is 19.8. The number of nitrogens with one attached hydrogen (secondary N) is 2. The van der Waals surface area contributed by atoms with E-state index >= 15 is 0 Å². The maximum Gasteiger partial charge on any atom is 0.321 e. The summed E-state index contributed by atoms with van der Waals surface area (Å²) < 4.78 is 8.17. The number of aryl methyl sites for hydroxylation is 2. The summed E-state index contributed by atoms with van der Waals surface area (Å²) in [5.41, 5.74) is 3.07. The number of hydrogen-bond donors (Lipinski definition) is 2. The molecule has 2 aromatic heterocycles. The molecule has 0 atom stereocenters. The van der Waals surface area contributed by atoms with Gasteiger partial charge in [-0.05, 0) is 43.2 Å². The third-order valence-electron chi connectivity index (χ3n) is 5.18. The van der Waals surface area contributed by atoms with Crippen LogP contribution in [0.2, 0.25) is 0 Å². The van der Waals surface area contributed by atoms with Crippen molar-refractivity contribution in [2.75, 3.05) is 26.0 Å². The zero-order chi connectivity index (χ0) is 24.2. The first kappa shape index (κ1) is 23.5. The van der Waals surface area contributed by atoms with E-state index in [0.29, 0.717) is 35.0 Å². The van der Waals surface area contributed by atoms with E-state index in [0.717, 1.165) is 28.6 Å². The third kappa shape index (κ3) is 4.66. The van der Waals surface area contributed by atoms with Gasteiger partial charge in [0, 0.05) is 13.7 Å². The van der Waals surface area contributed by atoms with Crippen molar-refractivity contribution >= 4 is 40.4 Å². The summed E-state index contributed by atoms with van der Waals surface area (Å²) in [7, 11) is 1.52. The predicted molar refractivity (Wildman–Crippen MR) is 130 cm³/mol. The number of imide groups is 1. The maximum absolute atomic E-state index is 13.5. The molecular weight excluding hydrogens is 456 g/mol. The lowest BCUT2D eigenvalue weighted by molar-refractivity contribution is -0.117. The third-order valence-corrected chi connectivity index (χ3v) is 6.11. The fourth-order valence-corrected chi connectivity index (χ4v) is 4.29. The van der Waals surface area contributed by atoms with E-state index in [9.17, 15) is 14.4 Å². The Bertz CT molecular complexity index is 1440. The van der Waals surface area contributed by atoms with E-state index in [2.05, 4.69) is 20.8 Å². The van der Waals surface area contributed by atoms with Gasteiger partial charge in [0.25, 0.3) is 5.56 Å². The zero-order valence-electron chi connectivity index (χ0n) is 19.0. The average Bonchev–Trinajstić information content (AvgIpc) is 3.24. The Morgan fingerprint density at radius 2 is 1.91 bits per heavy atom. The second kappa shape index (κ2) is 10.1. The molecular formula is C23H24N6O4S. The molecule has 0 bridgehead atoms. The number of nitrogens with zero attached hydrogens (tertiary/aromatic N) is 4. The second-order valence-corrected chi connectivity index (χ2v) is 8.59. The molecule has 0 saturated carbocycles. The molecule has 3 amide bonds. The summed E-state index contributed by atoms with van der Waals surface area (Å²) in [6.45, 7) is 4.53. The van der Waals surface area contributed by atoms with Crippen LogP contribution >= 0.6 is 11.8 Å². The average molecular weight is 481 g/mol. The molecule has 176 valence electrons.